The molecule has 170 valence electrons. The highest BCUT2D eigenvalue weighted by Gasteiger charge is 2.68. The Kier molecular flexibility index (Phi) is 5.07. The summed E-state index contributed by atoms with van der Waals surface area (Å²) >= 11 is 0. The van der Waals surface area contributed by atoms with Crippen LogP contribution in [0.25, 0.3) is 0 Å². The highest BCUT2D eigenvalue weighted by Crippen LogP contribution is 2.74. The summed E-state index contributed by atoms with van der Waals surface area (Å²) < 4.78 is 7.13. The average Bonchev–Trinajstić information content (AvgIpc) is 3.19. The van der Waals surface area contributed by atoms with E-state index in [9.17, 15) is 0 Å². The summed E-state index contributed by atoms with van der Waals surface area (Å²) in [7, 11) is 4.45. The summed E-state index contributed by atoms with van der Waals surface area (Å²) in [4.78, 5) is 2.37. The molecule has 1 aromatic carbocycles. The van der Waals surface area contributed by atoms with E-state index in [4.69, 9.17) is 4.74 Å². The van der Waals surface area contributed by atoms with Crippen molar-refractivity contribution in [1.29, 1.82) is 0 Å². The molecule has 1 aliphatic heterocycles. The van der Waals surface area contributed by atoms with Crippen molar-refractivity contribution in [2.75, 3.05) is 27.2 Å². The third-order valence-electron chi connectivity index (χ3n) is 10.4. The Labute approximate surface area is 190 Å². The van der Waals surface area contributed by atoms with Gasteiger partial charge >= 0.3 is 0 Å². The van der Waals surface area contributed by atoms with Crippen molar-refractivity contribution in [3.05, 3.63) is 35.9 Å². The first-order chi connectivity index (χ1) is 15.0. The van der Waals surface area contributed by atoms with E-state index in [2.05, 4.69) is 49.3 Å². The van der Waals surface area contributed by atoms with Crippen molar-refractivity contribution in [1.82, 2.24) is 4.90 Å². The van der Waals surface area contributed by atoms with E-state index in [1.165, 1.54) is 69.8 Å². The maximum Gasteiger partial charge on any atom is 0.0991 e. The molecule has 1 heterocycles. The highest BCUT2D eigenvalue weighted by molar-refractivity contribution is 5.30. The van der Waals surface area contributed by atoms with Gasteiger partial charge in [0.05, 0.1) is 12.2 Å². The molecule has 4 bridgehead atoms. The van der Waals surface area contributed by atoms with Gasteiger partial charge in [-0.2, -0.15) is 0 Å². The van der Waals surface area contributed by atoms with Gasteiger partial charge in [0.2, 0.25) is 0 Å². The van der Waals surface area contributed by atoms with E-state index in [-0.39, 0.29) is 5.60 Å². The summed E-state index contributed by atoms with van der Waals surface area (Å²) in [6, 6.07) is 11.5. The largest absolute Gasteiger partial charge is 0.369 e. The molecule has 0 amide bonds. The highest BCUT2D eigenvalue weighted by atomic mass is 16.5. The molecule has 4 unspecified atom stereocenters. The summed E-state index contributed by atoms with van der Waals surface area (Å²) in [5.41, 5.74) is 2.45. The van der Waals surface area contributed by atoms with Crippen LogP contribution in [-0.4, -0.2) is 32.1 Å². The lowest BCUT2D eigenvalue weighted by Gasteiger charge is -2.68. The zero-order valence-corrected chi connectivity index (χ0v) is 20.0. The second kappa shape index (κ2) is 7.59. The minimum Gasteiger partial charge on any atom is -0.369 e. The fourth-order valence-electron chi connectivity index (χ4n) is 10.0. The van der Waals surface area contributed by atoms with Crippen molar-refractivity contribution in [3.8, 4) is 0 Å². The number of nitrogens with zero attached hydrogens (tertiary/aromatic N) is 1. The van der Waals surface area contributed by atoms with E-state index in [0.717, 1.165) is 30.9 Å². The van der Waals surface area contributed by atoms with Crippen LogP contribution < -0.4 is 0 Å². The predicted molar refractivity (Wildman–Crippen MR) is 127 cm³/mol. The van der Waals surface area contributed by atoms with Gasteiger partial charge in [0.1, 0.15) is 0 Å². The van der Waals surface area contributed by atoms with Crippen molar-refractivity contribution in [2.24, 2.45) is 34.5 Å². The molecule has 4 atom stereocenters. The first-order valence-corrected chi connectivity index (χ1v) is 13.4. The Morgan fingerprint density at radius 2 is 1.61 bits per heavy atom. The standard InChI is InChI=1S/C29H43NO/c1-30(2)19-24-18-29(31-20-24,26-11-7-4-8-12-26)28-16-22-13-23(17-28)15-27(14-22,21-28)25-9-5-3-6-10-25/h4,7-8,11-12,22-25H,3,5-6,9-10,13-21H2,1-2H3. The molecule has 0 aromatic heterocycles. The number of ether oxygens (including phenoxy) is 1. The smallest absolute Gasteiger partial charge is 0.0991 e. The number of hydrogen-bond acceptors (Lipinski definition) is 2. The van der Waals surface area contributed by atoms with E-state index < -0.39 is 0 Å². The Morgan fingerprint density at radius 3 is 2.29 bits per heavy atom. The average molecular weight is 422 g/mol. The molecule has 2 heteroatoms. The minimum atomic E-state index is -0.0490. The number of rotatable bonds is 5. The van der Waals surface area contributed by atoms with Crippen LogP contribution in [0, 0.1) is 34.5 Å². The van der Waals surface area contributed by atoms with Gasteiger partial charge in [-0.05, 0) is 107 Å². The van der Waals surface area contributed by atoms with Crippen LogP contribution >= 0.6 is 0 Å². The number of benzene rings is 1. The SMILES string of the molecule is CN(C)CC1COC(c2ccccc2)(C23CC4CC(CC(C5CCCCC5)(C4)C2)C3)C1. The summed E-state index contributed by atoms with van der Waals surface area (Å²) in [6.07, 6.45) is 17.6. The van der Waals surface area contributed by atoms with Crippen molar-refractivity contribution in [2.45, 2.75) is 82.7 Å². The number of hydrogen-bond donors (Lipinski definition) is 0. The fraction of sp³-hybridized carbons (Fsp3) is 0.793. The molecule has 31 heavy (non-hydrogen) atoms. The van der Waals surface area contributed by atoms with Crippen LogP contribution in [-0.2, 0) is 10.3 Å². The Bertz CT molecular complexity index is 767. The molecule has 0 radical (unpaired) electrons. The van der Waals surface area contributed by atoms with E-state index in [1.807, 2.05) is 0 Å². The lowest BCUT2D eigenvalue weighted by molar-refractivity contribution is -0.228. The van der Waals surface area contributed by atoms with Crippen LogP contribution in [0.1, 0.15) is 82.6 Å². The molecule has 6 aliphatic rings. The van der Waals surface area contributed by atoms with Crippen molar-refractivity contribution < 1.29 is 4.74 Å². The Morgan fingerprint density at radius 1 is 0.903 bits per heavy atom. The molecule has 6 fully saturated rings. The quantitative estimate of drug-likeness (QED) is 0.528. The molecule has 1 saturated heterocycles. The van der Waals surface area contributed by atoms with Gasteiger partial charge in [-0.1, -0.05) is 49.6 Å². The van der Waals surface area contributed by atoms with Gasteiger partial charge in [0.15, 0.2) is 0 Å². The predicted octanol–water partition coefficient (Wildman–Crippen LogP) is 6.65. The molecule has 7 rings (SSSR count). The van der Waals surface area contributed by atoms with Gasteiger partial charge in [-0.15, -0.1) is 0 Å². The van der Waals surface area contributed by atoms with Crippen LogP contribution in [0.4, 0.5) is 0 Å². The zero-order chi connectivity index (χ0) is 21.1. The second-order valence-corrected chi connectivity index (χ2v) is 12.8. The van der Waals surface area contributed by atoms with Gasteiger partial charge in [-0.3, -0.25) is 0 Å². The third-order valence-corrected chi connectivity index (χ3v) is 10.4. The van der Waals surface area contributed by atoms with Gasteiger partial charge in [0, 0.05) is 12.0 Å². The molecular weight excluding hydrogens is 378 g/mol. The summed E-state index contributed by atoms with van der Waals surface area (Å²) in [5.74, 6) is 3.58. The van der Waals surface area contributed by atoms with Crippen molar-refractivity contribution in [3.63, 3.8) is 0 Å². The molecular formula is C29H43NO. The zero-order valence-electron chi connectivity index (χ0n) is 20.0. The molecule has 1 aromatic rings. The normalized spacial score (nSPS) is 44.9. The van der Waals surface area contributed by atoms with Crippen LogP contribution in [0.5, 0.6) is 0 Å². The maximum absolute atomic E-state index is 7.13. The lowest BCUT2D eigenvalue weighted by Crippen LogP contribution is -2.61. The Hall–Kier alpha value is -0.860. The summed E-state index contributed by atoms with van der Waals surface area (Å²) in [6.45, 7) is 2.10. The summed E-state index contributed by atoms with van der Waals surface area (Å²) in [5, 5.41) is 0. The van der Waals surface area contributed by atoms with Gasteiger partial charge in [-0.25, -0.2) is 0 Å². The van der Waals surface area contributed by atoms with Crippen molar-refractivity contribution >= 4 is 0 Å². The fourth-order valence-corrected chi connectivity index (χ4v) is 10.0. The lowest BCUT2D eigenvalue weighted by atomic mass is 9.37. The third kappa shape index (κ3) is 3.26. The molecule has 0 spiro atoms. The van der Waals surface area contributed by atoms with E-state index >= 15 is 0 Å². The van der Waals surface area contributed by atoms with Gasteiger partial charge in [0.25, 0.3) is 0 Å². The van der Waals surface area contributed by atoms with E-state index in [1.54, 1.807) is 12.8 Å². The first kappa shape index (κ1) is 20.7. The molecule has 5 saturated carbocycles. The van der Waals surface area contributed by atoms with Crippen LogP contribution in [0.2, 0.25) is 0 Å². The topological polar surface area (TPSA) is 12.5 Å². The molecule has 2 nitrogen and oxygen atoms in total. The van der Waals surface area contributed by atoms with Gasteiger partial charge < -0.3 is 9.64 Å². The van der Waals surface area contributed by atoms with Crippen LogP contribution in [0.3, 0.4) is 0 Å². The minimum absolute atomic E-state index is 0.0490. The van der Waals surface area contributed by atoms with E-state index in [0.29, 0.717) is 16.7 Å². The molecule has 5 aliphatic carbocycles. The monoisotopic (exact) mass is 421 g/mol. The first-order valence-electron chi connectivity index (χ1n) is 13.4. The second-order valence-electron chi connectivity index (χ2n) is 12.8. The molecule has 0 N–H and O–H groups in total. The Balaban J connectivity index is 1.41. The maximum atomic E-state index is 7.13. The van der Waals surface area contributed by atoms with Crippen LogP contribution in [0.15, 0.2) is 30.3 Å².